The van der Waals surface area contributed by atoms with Gasteiger partial charge >= 0.3 is 0 Å². The van der Waals surface area contributed by atoms with Crippen molar-refractivity contribution >= 4 is 6.21 Å². The molecular weight excluding hydrogens is 316 g/mol. The second-order valence-electron chi connectivity index (χ2n) is 5.64. The molecule has 1 heterocycles. The summed E-state index contributed by atoms with van der Waals surface area (Å²) in [6.07, 6.45) is 4.80. The maximum absolute atomic E-state index is 6.00. The van der Waals surface area contributed by atoms with Crippen LogP contribution in [0.5, 0.6) is 11.5 Å². The second-order valence-corrected chi connectivity index (χ2v) is 5.64. The molecule has 0 bridgehead atoms. The van der Waals surface area contributed by atoms with E-state index in [-0.39, 0.29) is 0 Å². The van der Waals surface area contributed by atoms with Crippen LogP contribution in [-0.2, 0) is 6.61 Å². The highest BCUT2D eigenvalue weighted by Crippen LogP contribution is 2.25. The van der Waals surface area contributed by atoms with E-state index in [4.69, 9.17) is 9.47 Å². The van der Waals surface area contributed by atoms with Gasteiger partial charge in [-0.15, -0.1) is 10.2 Å². The summed E-state index contributed by atoms with van der Waals surface area (Å²) < 4.78 is 13.0. The Bertz CT molecular complexity index is 873. The van der Waals surface area contributed by atoms with Gasteiger partial charge in [0.2, 0.25) is 0 Å². The molecule has 6 nitrogen and oxygen atoms in total. The minimum atomic E-state index is 0.418. The SMILES string of the molecule is COc1ccc(/C=N/n2cnnc2)cc1COc1cccc(C)c1C. The fourth-order valence-electron chi connectivity index (χ4n) is 2.42. The minimum Gasteiger partial charge on any atom is -0.496 e. The van der Waals surface area contributed by atoms with Crippen molar-refractivity contribution in [3.8, 4) is 11.5 Å². The van der Waals surface area contributed by atoms with Gasteiger partial charge < -0.3 is 9.47 Å². The number of benzene rings is 2. The number of rotatable bonds is 6. The topological polar surface area (TPSA) is 61.5 Å². The summed E-state index contributed by atoms with van der Waals surface area (Å²) in [6.45, 7) is 4.55. The molecule has 0 saturated carbocycles. The van der Waals surface area contributed by atoms with Crippen LogP contribution in [0.1, 0.15) is 22.3 Å². The van der Waals surface area contributed by atoms with Gasteiger partial charge in [-0.3, -0.25) is 0 Å². The zero-order valence-corrected chi connectivity index (χ0v) is 14.5. The van der Waals surface area contributed by atoms with E-state index in [1.165, 1.54) is 22.9 Å². The predicted molar refractivity (Wildman–Crippen MR) is 96.3 cm³/mol. The number of hydrogen-bond donors (Lipinski definition) is 0. The highest BCUT2D eigenvalue weighted by Gasteiger charge is 2.07. The minimum absolute atomic E-state index is 0.418. The number of aromatic nitrogens is 3. The summed E-state index contributed by atoms with van der Waals surface area (Å²) in [5.41, 5.74) is 4.25. The van der Waals surface area contributed by atoms with E-state index in [1.54, 1.807) is 13.3 Å². The Hall–Kier alpha value is -3.15. The first-order chi connectivity index (χ1) is 12.2. The van der Waals surface area contributed by atoms with Crippen molar-refractivity contribution in [1.82, 2.24) is 14.9 Å². The third-order valence-electron chi connectivity index (χ3n) is 3.99. The lowest BCUT2D eigenvalue weighted by Gasteiger charge is -2.13. The van der Waals surface area contributed by atoms with Gasteiger partial charge in [0.1, 0.15) is 30.8 Å². The third kappa shape index (κ3) is 4.03. The summed E-state index contributed by atoms with van der Waals surface area (Å²) >= 11 is 0. The van der Waals surface area contributed by atoms with E-state index < -0.39 is 0 Å². The highest BCUT2D eigenvalue weighted by atomic mass is 16.5. The van der Waals surface area contributed by atoms with Crippen molar-refractivity contribution < 1.29 is 9.47 Å². The van der Waals surface area contributed by atoms with Crippen LogP contribution in [0.2, 0.25) is 0 Å². The number of methoxy groups -OCH3 is 1. The van der Waals surface area contributed by atoms with E-state index >= 15 is 0 Å². The Balaban J connectivity index is 1.79. The summed E-state index contributed by atoms with van der Waals surface area (Å²) in [4.78, 5) is 0. The molecule has 0 aliphatic carbocycles. The number of aryl methyl sites for hydroxylation is 1. The van der Waals surface area contributed by atoms with Gasteiger partial charge in [-0.2, -0.15) is 5.10 Å². The molecule has 0 unspecified atom stereocenters. The first-order valence-corrected chi connectivity index (χ1v) is 7.92. The Morgan fingerprint density at radius 2 is 1.88 bits per heavy atom. The molecule has 3 rings (SSSR count). The van der Waals surface area contributed by atoms with Crippen molar-refractivity contribution in [1.29, 1.82) is 0 Å². The van der Waals surface area contributed by atoms with E-state index in [0.717, 1.165) is 28.2 Å². The molecule has 3 aromatic rings. The van der Waals surface area contributed by atoms with Crippen LogP contribution in [0.4, 0.5) is 0 Å². The average molecular weight is 336 g/mol. The first kappa shape index (κ1) is 16.7. The molecule has 6 heteroatoms. The maximum atomic E-state index is 6.00. The summed E-state index contributed by atoms with van der Waals surface area (Å²) in [7, 11) is 1.65. The molecule has 2 aromatic carbocycles. The first-order valence-electron chi connectivity index (χ1n) is 7.92. The van der Waals surface area contributed by atoms with Gasteiger partial charge in [-0.1, -0.05) is 12.1 Å². The van der Waals surface area contributed by atoms with Crippen molar-refractivity contribution in [3.63, 3.8) is 0 Å². The summed E-state index contributed by atoms with van der Waals surface area (Å²) in [5, 5.41) is 11.7. The lowest BCUT2D eigenvalue weighted by atomic mass is 10.1. The molecule has 0 saturated heterocycles. The van der Waals surface area contributed by atoms with E-state index in [1.807, 2.05) is 30.3 Å². The fraction of sp³-hybridized carbons (Fsp3) is 0.211. The van der Waals surface area contributed by atoms with Gasteiger partial charge in [-0.25, -0.2) is 4.68 Å². The van der Waals surface area contributed by atoms with Crippen LogP contribution < -0.4 is 9.47 Å². The molecular formula is C19H20N4O2. The molecule has 0 spiro atoms. The van der Waals surface area contributed by atoms with Gasteiger partial charge in [0.05, 0.1) is 13.3 Å². The van der Waals surface area contributed by atoms with Gasteiger partial charge in [-0.05, 0) is 54.8 Å². The monoisotopic (exact) mass is 336 g/mol. The van der Waals surface area contributed by atoms with Crippen molar-refractivity contribution in [2.24, 2.45) is 5.10 Å². The second kappa shape index (κ2) is 7.61. The van der Waals surface area contributed by atoms with E-state index in [0.29, 0.717) is 6.61 Å². The molecule has 0 fully saturated rings. The normalized spacial score (nSPS) is 11.0. The Morgan fingerprint density at radius 1 is 1.08 bits per heavy atom. The Kier molecular flexibility index (Phi) is 5.09. The predicted octanol–water partition coefficient (Wildman–Crippen LogP) is 3.36. The molecule has 25 heavy (non-hydrogen) atoms. The van der Waals surface area contributed by atoms with Gasteiger partial charge in [0.25, 0.3) is 0 Å². The zero-order valence-electron chi connectivity index (χ0n) is 14.5. The number of nitrogens with zero attached hydrogens (tertiary/aromatic N) is 4. The quantitative estimate of drug-likeness (QED) is 0.648. The zero-order chi connectivity index (χ0) is 17.6. The van der Waals surface area contributed by atoms with Crippen molar-refractivity contribution in [3.05, 3.63) is 71.3 Å². The summed E-state index contributed by atoms with van der Waals surface area (Å²) in [5.74, 6) is 1.66. The molecule has 0 radical (unpaired) electrons. The Labute approximate surface area is 146 Å². The van der Waals surface area contributed by atoms with Crippen LogP contribution in [-0.4, -0.2) is 28.2 Å². The van der Waals surface area contributed by atoms with E-state index in [9.17, 15) is 0 Å². The van der Waals surface area contributed by atoms with Crippen LogP contribution in [0.15, 0.2) is 54.2 Å². The molecule has 0 atom stereocenters. The van der Waals surface area contributed by atoms with Crippen LogP contribution >= 0.6 is 0 Å². The number of hydrogen-bond acceptors (Lipinski definition) is 5. The van der Waals surface area contributed by atoms with Crippen molar-refractivity contribution in [2.75, 3.05) is 7.11 Å². The molecule has 0 aliphatic heterocycles. The third-order valence-corrected chi connectivity index (χ3v) is 3.99. The molecule has 0 N–H and O–H groups in total. The summed E-state index contributed by atoms with van der Waals surface area (Å²) in [6, 6.07) is 11.9. The van der Waals surface area contributed by atoms with Crippen LogP contribution in [0, 0.1) is 13.8 Å². The molecule has 0 amide bonds. The van der Waals surface area contributed by atoms with Gasteiger partial charge in [0.15, 0.2) is 0 Å². The molecule has 1 aromatic heterocycles. The lowest BCUT2D eigenvalue weighted by Crippen LogP contribution is -2.01. The van der Waals surface area contributed by atoms with E-state index in [2.05, 4.69) is 35.2 Å². The Morgan fingerprint density at radius 3 is 2.64 bits per heavy atom. The lowest BCUT2D eigenvalue weighted by molar-refractivity contribution is 0.294. The largest absolute Gasteiger partial charge is 0.496 e. The molecule has 128 valence electrons. The average Bonchev–Trinajstić information content (AvgIpc) is 3.15. The smallest absolute Gasteiger partial charge is 0.141 e. The van der Waals surface area contributed by atoms with Crippen LogP contribution in [0.3, 0.4) is 0 Å². The number of ether oxygens (including phenoxy) is 2. The standard InChI is InChI=1S/C19H20N4O2/c1-14-5-4-6-18(15(14)2)25-11-17-9-16(7-8-19(17)24-3)10-22-23-12-20-21-13-23/h4-10,12-13H,11H2,1-3H3/b22-10+. The maximum Gasteiger partial charge on any atom is 0.141 e. The van der Waals surface area contributed by atoms with Gasteiger partial charge in [0, 0.05) is 5.56 Å². The van der Waals surface area contributed by atoms with Crippen LogP contribution in [0.25, 0.3) is 0 Å². The highest BCUT2D eigenvalue weighted by molar-refractivity contribution is 5.80. The molecule has 0 aliphatic rings. The fourth-order valence-corrected chi connectivity index (χ4v) is 2.42. The van der Waals surface area contributed by atoms with Crippen molar-refractivity contribution in [2.45, 2.75) is 20.5 Å².